The lowest BCUT2D eigenvalue weighted by atomic mass is 10.1. The van der Waals surface area contributed by atoms with E-state index in [1.54, 1.807) is 6.21 Å². The van der Waals surface area contributed by atoms with Crippen LogP contribution in [0.3, 0.4) is 0 Å². The summed E-state index contributed by atoms with van der Waals surface area (Å²) >= 11 is 0. The van der Waals surface area contributed by atoms with Crippen molar-refractivity contribution in [1.82, 2.24) is 19.5 Å². The molecule has 0 bridgehead atoms. The van der Waals surface area contributed by atoms with Crippen LogP contribution in [-0.4, -0.2) is 66.0 Å². The molecule has 6 N–H and O–H groups in total. The van der Waals surface area contributed by atoms with Crippen molar-refractivity contribution < 1.29 is 20.1 Å². The number of anilines is 2. The van der Waals surface area contributed by atoms with Crippen LogP contribution < -0.4 is 11.2 Å². The third-order valence-corrected chi connectivity index (χ3v) is 4.80. The van der Waals surface area contributed by atoms with Gasteiger partial charge in [0, 0.05) is 0 Å². The van der Waals surface area contributed by atoms with Gasteiger partial charge in [-0.05, 0) is 18.1 Å². The van der Waals surface area contributed by atoms with E-state index in [1.807, 2.05) is 31.2 Å². The van der Waals surface area contributed by atoms with Gasteiger partial charge in [0.1, 0.15) is 23.8 Å². The standard InChI is InChI=1S/C18H21N7O4/c1-9-4-2-3-5-10(9)6-21-24-18-22-15(19)12-16(23-18)25(8-20-12)17-14(28)13(27)11(7-26)29-17/h2-6,8,11,13-14,17,26-28H,7H2,1H3,(H3,19,22,23,24)/b21-6+/t11-,13-,14-,17?/m1/s1. The number of hydrogen-bond donors (Lipinski definition) is 5. The summed E-state index contributed by atoms with van der Waals surface area (Å²) in [7, 11) is 0. The Hall–Kier alpha value is -3.12. The summed E-state index contributed by atoms with van der Waals surface area (Å²) in [6, 6.07) is 7.75. The van der Waals surface area contributed by atoms with Gasteiger partial charge in [-0.25, -0.2) is 10.4 Å². The molecule has 4 atom stereocenters. The molecule has 3 heterocycles. The average molecular weight is 399 g/mol. The Morgan fingerprint density at radius 2 is 2.07 bits per heavy atom. The first-order valence-electron chi connectivity index (χ1n) is 8.97. The quantitative estimate of drug-likeness (QED) is 0.288. The normalized spacial score (nSPS) is 24.6. The van der Waals surface area contributed by atoms with Gasteiger partial charge in [-0.15, -0.1) is 0 Å². The average Bonchev–Trinajstić information content (AvgIpc) is 3.25. The summed E-state index contributed by atoms with van der Waals surface area (Å²) in [4.78, 5) is 12.7. The van der Waals surface area contributed by atoms with E-state index in [-0.39, 0.29) is 11.8 Å². The summed E-state index contributed by atoms with van der Waals surface area (Å²) < 4.78 is 6.98. The molecule has 1 fully saturated rings. The SMILES string of the molecule is Cc1ccccc1/C=N/Nc1nc(N)c2ncn(C3O[C@H](CO)[C@@H](O)[C@H]3O)c2n1. The molecule has 1 aromatic carbocycles. The predicted molar refractivity (Wildman–Crippen MR) is 105 cm³/mol. The van der Waals surface area contributed by atoms with E-state index in [2.05, 4.69) is 25.5 Å². The summed E-state index contributed by atoms with van der Waals surface area (Å²) in [5.74, 6) is 0.252. The largest absolute Gasteiger partial charge is 0.394 e. The monoisotopic (exact) mass is 399 g/mol. The molecule has 29 heavy (non-hydrogen) atoms. The lowest BCUT2D eigenvalue weighted by Crippen LogP contribution is -2.33. The third-order valence-electron chi connectivity index (χ3n) is 4.80. The van der Waals surface area contributed by atoms with Crippen molar-refractivity contribution in [2.45, 2.75) is 31.5 Å². The van der Waals surface area contributed by atoms with Gasteiger partial charge in [0.05, 0.1) is 19.1 Å². The van der Waals surface area contributed by atoms with E-state index in [0.29, 0.717) is 11.2 Å². The van der Waals surface area contributed by atoms with Crippen LogP contribution in [0.2, 0.25) is 0 Å². The Labute approximate surface area is 165 Å². The Morgan fingerprint density at radius 1 is 1.28 bits per heavy atom. The fourth-order valence-electron chi connectivity index (χ4n) is 3.18. The van der Waals surface area contributed by atoms with Gasteiger partial charge in [-0.1, -0.05) is 24.3 Å². The van der Waals surface area contributed by atoms with Crippen LogP contribution in [0.4, 0.5) is 11.8 Å². The van der Waals surface area contributed by atoms with Crippen molar-refractivity contribution in [1.29, 1.82) is 0 Å². The first kappa shape index (κ1) is 19.2. The van der Waals surface area contributed by atoms with Crippen molar-refractivity contribution in [3.05, 3.63) is 41.7 Å². The van der Waals surface area contributed by atoms with Crippen LogP contribution in [0, 0.1) is 6.92 Å². The highest BCUT2D eigenvalue weighted by Gasteiger charge is 2.44. The number of benzene rings is 1. The molecule has 152 valence electrons. The van der Waals surface area contributed by atoms with Gasteiger partial charge in [0.25, 0.3) is 0 Å². The molecule has 11 nitrogen and oxygen atoms in total. The number of aromatic nitrogens is 4. The highest BCUT2D eigenvalue weighted by molar-refractivity contribution is 5.84. The van der Waals surface area contributed by atoms with Gasteiger partial charge < -0.3 is 25.8 Å². The molecular formula is C18H21N7O4. The maximum atomic E-state index is 10.3. The van der Waals surface area contributed by atoms with Gasteiger partial charge in [0.2, 0.25) is 5.95 Å². The first-order valence-corrected chi connectivity index (χ1v) is 8.97. The summed E-state index contributed by atoms with van der Waals surface area (Å²) in [5.41, 5.74) is 11.3. The maximum Gasteiger partial charge on any atom is 0.247 e. The second kappa shape index (κ2) is 7.72. The van der Waals surface area contributed by atoms with Gasteiger partial charge in [-0.3, -0.25) is 4.57 Å². The number of ether oxygens (including phenoxy) is 1. The maximum absolute atomic E-state index is 10.3. The minimum Gasteiger partial charge on any atom is -0.394 e. The predicted octanol–water partition coefficient (Wildman–Crippen LogP) is -0.226. The van der Waals surface area contributed by atoms with Crippen LogP contribution in [0.25, 0.3) is 11.2 Å². The number of aryl methyl sites for hydroxylation is 1. The number of nitrogens with zero attached hydrogens (tertiary/aromatic N) is 5. The Kier molecular flexibility index (Phi) is 5.11. The highest BCUT2D eigenvalue weighted by Crippen LogP contribution is 2.32. The molecule has 1 aliphatic rings. The Morgan fingerprint density at radius 3 is 2.79 bits per heavy atom. The molecule has 1 unspecified atom stereocenters. The fraction of sp³-hybridized carbons (Fsp3) is 0.333. The second-order valence-electron chi connectivity index (χ2n) is 6.71. The molecule has 1 aliphatic heterocycles. The molecule has 0 radical (unpaired) electrons. The van der Waals surface area contributed by atoms with Crippen molar-refractivity contribution in [3.8, 4) is 0 Å². The van der Waals surface area contributed by atoms with Crippen molar-refractivity contribution in [2.24, 2.45) is 5.10 Å². The molecule has 0 amide bonds. The highest BCUT2D eigenvalue weighted by atomic mass is 16.6. The number of aliphatic hydroxyl groups excluding tert-OH is 3. The minimum atomic E-state index is -1.27. The van der Waals surface area contributed by atoms with E-state index in [9.17, 15) is 15.3 Å². The van der Waals surface area contributed by atoms with Gasteiger partial charge in [-0.2, -0.15) is 15.1 Å². The molecule has 2 aromatic heterocycles. The summed E-state index contributed by atoms with van der Waals surface area (Å²) in [5, 5.41) is 33.7. The van der Waals surface area contributed by atoms with Crippen LogP contribution >= 0.6 is 0 Å². The van der Waals surface area contributed by atoms with E-state index in [0.717, 1.165) is 11.1 Å². The Balaban J connectivity index is 1.63. The van der Waals surface area contributed by atoms with Crippen LogP contribution in [0.1, 0.15) is 17.4 Å². The summed E-state index contributed by atoms with van der Waals surface area (Å²) in [6.45, 7) is 1.54. The number of nitrogens with one attached hydrogen (secondary N) is 1. The molecule has 3 aromatic rings. The van der Waals surface area contributed by atoms with E-state index in [1.165, 1.54) is 10.9 Å². The topological polar surface area (TPSA) is 164 Å². The van der Waals surface area contributed by atoms with Crippen molar-refractivity contribution in [2.75, 3.05) is 17.8 Å². The number of fused-ring (bicyclic) bond motifs is 1. The van der Waals surface area contributed by atoms with Crippen LogP contribution in [0.15, 0.2) is 35.7 Å². The Bertz CT molecular complexity index is 1050. The van der Waals surface area contributed by atoms with E-state index < -0.39 is 31.1 Å². The molecular weight excluding hydrogens is 378 g/mol. The molecule has 4 rings (SSSR count). The molecule has 0 spiro atoms. The second-order valence-corrected chi connectivity index (χ2v) is 6.71. The number of hydrazone groups is 1. The molecule has 0 aliphatic carbocycles. The van der Waals surface area contributed by atoms with E-state index >= 15 is 0 Å². The summed E-state index contributed by atoms with van der Waals surface area (Å²) in [6.07, 6.45) is -1.37. The zero-order valence-electron chi connectivity index (χ0n) is 15.5. The van der Waals surface area contributed by atoms with Crippen LogP contribution in [0.5, 0.6) is 0 Å². The number of nitrogen functional groups attached to an aromatic ring is 1. The lowest BCUT2D eigenvalue weighted by Gasteiger charge is -2.16. The zero-order chi connectivity index (χ0) is 20.5. The lowest BCUT2D eigenvalue weighted by molar-refractivity contribution is -0.0511. The molecule has 0 saturated carbocycles. The minimum absolute atomic E-state index is 0.120. The van der Waals surface area contributed by atoms with Crippen LogP contribution in [-0.2, 0) is 4.74 Å². The van der Waals surface area contributed by atoms with Crippen molar-refractivity contribution >= 4 is 29.1 Å². The van der Waals surface area contributed by atoms with Crippen molar-refractivity contribution in [3.63, 3.8) is 0 Å². The molecule has 1 saturated heterocycles. The smallest absolute Gasteiger partial charge is 0.247 e. The third kappa shape index (κ3) is 3.51. The van der Waals surface area contributed by atoms with Gasteiger partial charge in [0.15, 0.2) is 17.7 Å². The number of rotatable bonds is 5. The number of hydrogen-bond acceptors (Lipinski definition) is 10. The fourth-order valence-corrected chi connectivity index (χ4v) is 3.18. The first-order chi connectivity index (χ1) is 14.0. The number of aliphatic hydroxyl groups is 3. The number of nitrogens with two attached hydrogens (primary N) is 1. The zero-order valence-corrected chi connectivity index (χ0v) is 15.5. The van der Waals surface area contributed by atoms with E-state index in [4.69, 9.17) is 10.5 Å². The van der Waals surface area contributed by atoms with Gasteiger partial charge >= 0.3 is 0 Å². The molecule has 11 heteroatoms. The number of imidazole rings is 1.